The maximum absolute atomic E-state index is 5.73. The summed E-state index contributed by atoms with van der Waals surface area (Å²) < 4.78 is 11.8. The number of aryl methyl sites for hydroxylation is 1. The third kappa shape index (κ3) is 3.78. The Morgan fingerprint density at radius 3 is 2.95 bits per heavy atom. The molecule has 0 bridgehead atoms. The zero-order valence-corrected chi connectivity index (χ0v) is 12.5. The first-order valence-corrected chi connectivity index (χ1v) is 6.89. The number of nitrogens with zero attached hydrogens (tertiary/aromatic N) is 2. The van der Waals surface area contributed by atoms with Crippen molar-refractivity contribution in [2.24, 2.45) is 0 Å². The van der Waals surface area contributed by atoms with Crippen molar-refractivity contribution >= 4 is 15.9 Å². The summed E-state index contributed by atoms with van der Waals surface area (Å²) in [5.41, 5.74) is 1.08. The van der Waals surface area contributed by atoms with Crippen LogP contribution >= 0.6 is 15.9 Å². The summed E-state index contributed by atoms with van der Waals surface area (Å²) >= 11 is 3.45. The number of rotatable bonds is 6. The van der Waals surface area contributed by atoms with Crippen LogP contribution in [0.15, 0.2) is 27.2 Å². The third-order valence-electron chi connectivity index (χ3n) is 2.57. The molecule has 1 heterocycles. The molecule has 0 unspecified atom stereocenters. The number of aromatic nitrogens is 2. The Kier molecular flexibility index (Phi) is 4.93. The third-order valence-corrected chi connectivity index (χ3v) is 3.06. The lowest BCUT2D eigenvalue weighted by Gasteiger charge is -2.10. The van der Waals surface area contributed by atoms with E-state index in [-0.39, 0.29) is 6.61 Å². The first kappa shape index (κ1) is 14.0. The van der Waals surface area contributed by atoms with E-state index in [0.29, 0.717) is 11.7 Å². The van der Waals surface area contributed by atoms with Crippen molar-refractivity contribution in [3.8, 4) is 5.75 Å². The van der Waals surface area contributed by atoms with Gasteiger partial charge in [-0.15, -0.1) is 0 Å². The van der Waals surface area contributed by atoms with Gasteiger partial charge in [0.2, 0.25) is 0 Å². The normalized spacial score (nSPS) is 10.7. The summed E-state index contributed by atoms with van der Waals surface area (Å²) in [4.78, 5) is 4.21. The lowest BCUT2D eigenvalue weighted by molar-refractivity contribution is 0.240. The van der Waals surface area contributed by atoms with Gasteiger partial charge >= 0.3 is 0 Å². The van der Waals surface area contributed by atoms with E-state index in [1.807, 2.05) is 32.2 Å². The summed E-state index contributed by atoms with van der Waals surface area (Å²) in [7, 11) is 1.90. The van der Waals surface area contributed by atoms with E-state index in [2.05, 4.69) is 31.4 Å². The van der Waals surface area contributed by atoms with Crippen LogP contribution in [0.25, 0.3) is 0 Å². The highest BCUT2D eigenvalue weighted by atomic mass is 79.9. The highest BCUT2D eigenvalue weighted by molar-refractivity contribution is 9.10. The average molecular weight is 326 g/mol. The molecule has 19 heavy (non-hydrogen) atoms. The van der Waals surface area contributed by atoms with Crippen LogP contribution < -0.4 is 10.1 Å². The molecular weight excluding hydrogens is 310 g/mol. The second-order valence-electron chi connectivity index (χ2n) is 4.03. The molecule has 0 aliphatic carbocycles. The van der Waals surface area contributed by atoms with Crippen LogP contribution in [0.3, 0.4) is 0 Å². The second kappa shape index (κ2) is 6.68. The predicted octanol–water partition coefficient (Wildman–Crippen LogP) is 2.69. The topological polar surface area (TPSA) is 60.2 Å². The number of nitrogens with one attached hydrogen (secondary N) is 1. The molecule has 5 nitrogen and oxygen atoms in total. The Bertz CT molecular complexity index is 542. The summed E-state index contributed by atoms with van der Waals surface area (Å²) in [6.07, 6.45) is 0.757. The Hall–Kier alpha value is -1.40. The second-order valence-corrected chi connectivity index (χ2v) is 4.94. The van der Waals surface area contributed by atoms with Crippen LogP contribution in [0.4, 0.5) is 0 Å². The van der Waals surface area contributed by atoms with E-state index in [0.717, 1.165) is 28.8 Å². The molecule has 102 valence electrons. The number of benzene rings is 1. The van der Waals surface area contributed by atoms with Crippen LogP contribution in [-0.2, 0) is 19.6 Å². The summed E-state index contributed by atoms with van der Waals surface area (Å²) in [5.74, 6) is 2.01. The largest absolute Gasteiger partial charge is 0.483 e. The molecule has 2 rings (SSSR count). The number of halogens is 1. The van der Waals surface area contributed by atoms with Crippen molar-refractivity contribution in [2.45, 2.75) is 26.5 Å². The highest BCUT2D eigenvalue weighted by Crippen LogP contribution is 2.23. The van der Waals surface area contributed by atoms with Gasteiger partial charge in [0.25, 0.3) is 5.89 Å². The maximum atomic E-state index is 5.73. The van der Waals surface area contributed by atoms with Crippen LogP contribution in [0, 0.1) is 0 Å². The maximum Gasteiger partial charge on any atom is 0.264 e. The SMILES string of the molecule is CCc1noc(COc2ccc(Br)cc2CNC)n1. The fraction of sp³-hybridized carbons (Fsp3) is 0.385. The van der Waals surface area contributed by atoms with Crippen LogP contribution in [0.2, 0.25) is 0 Å². The van der Waals surface area contributed by atoms with Crippen LogP contribution in [0.1, 0.15) is 24.2 Å². The van der Waals surface area contributed by atoms with Gasteiger partial charge in [0, 0.05) is 23.0 Å². The predicted molar refractivity (Wildman–Crippen MR) is 74.9 cm³/mol. The van der Waals surface area contributed by atoms with Gasteiger partial charge in [-0.2, -0.15) is 4.98 Å². The molecule has 0 amide bonds. The molecule has 0 saturated heterocycles. The van der Waals surface area contributed by atoms with Crippen molar-refractivity contribution in [1.82, 2.24) is 15.5 Å². The first-order valence-electron chi connectivity index (χ1n) is 6.10. The molecule has 1 N–H and O–H groups in total. The van der Waals surface area contributed by atoms with Gasteiger partial charge in [0.05, 0.1) is 0 Å². The van der Waals surface area contributed by atoms with E-state index < -0.39 is 0 Å². The molecule has 1 aromatic carbocycles. The number of hydrogen-bond acceptors (Lipinski definition) is 5. The molecule has 0 aliphatic rings. The molecule has 2 aromatic rings. The molecule has 0 radical (unpaired) electrons. The molecule has 0 saturated carbocycles. The highest BCUT2D eigenvalue weighted by Gasteiger charge is 2.08. The molecule has 6 heteroatoms. The molecule has 0 spiro atoms. The minimum Gasteiger partial charge on any atom is -0.483 e. The number of hydrogen-bond donors (Lipinski definition) is 1. The zero-order chi connectivity index (χ0) is 13.7. The van der Waals surface area contributed by atoms with Gasteiger partial charge < -0.3 is 14.6 Å². The Balaban J connectivity index is 2.05. The van der Waals surface area contributed by atoms with Crippen molar-refractivity contribution in [3.05, 3.63) is 40.0 Å². The van der Waals surface area contributed by atoms with E-state index >= 15 is 0 Å². The summed E-state index contributed by atoms with van der Waals surface area (Å²) in [6.45, 7) is 3.00. The van der Waals surface area contributed by atoms with Gasteiger partial charge in [-0.25, -0.2) is 0 Å². The Labute approximate surface area is 120 Å². The first-order chi connectivity index (χ1) is 9.22. The van der Waals surface area contributed by atoms with Crippen molar-refractivity contribution in [1.29, 1.82) is 0 Å². The van der Waals surface area contributed by atoms with E-state index in [4.69, 9.17) is 9.26 Å². The van der Waals surface area contributed by atoms with Crippen LogP contribution in [-0.4, -0.2) is 17.2 Å². The quantitative estimate of drug-likeness (QED) is 0.884. The lowest BCUT2D eigenvalue weighted by Crippen LogP contribution is -2.07. The van der Waals surface area contributed by atoms with Crippen molar-refractivity contribution in [3.63, 3.8) is 0 Å². The standard InChI is InChI=1S/C13H16BrN3O2/c1-3-12-16-13(19-17-12)8-18-11-5-4-10(14)6-9(11)7-15-2/h4-6,15H,3,7-8H2,1-2H3. The van der Waals surface area contributed by atoms with Gasteiger partial charge in [0.15, 0.2) is 12.4 Å². The molecular formula is C13H16BrN3O2. The van der Waals surface area contributed by atoms with Gasteiger partial charge in [-0.3, -0.25) is 0 Å². The number of ether oxygens (including phenoxy) is 1. The molecule has 0 fully saturated rings. The smallest absolute Gasteiger partial charge is 0.264 e. The van der Waals surface area contributed by atoms with Gasteiger partial charge in [-0.1, -0.05) is 28.0 Å². The average Bonchev–Trinajstić information content (AvgIpc) is 2.86. The molecule has 0 aliphatic heterocycles. The fourth-order valence-corrected chi connectivity index (χ4v) is 2.06. The summed E-state index contributed by atoms with van der Waals surface area (Å²) in [5, 5.41) is 6.94. The van der Waals surface area contributed by atoms with E-state index in [1.54, 1.807) is 0 Å². The Morgan fingerprint density at radius 1 is 1.42 bits per heavy atom. The Morgan fingerprint density at radius 2 is 2.26 bits per heavy atom. The lowest BCUT2D eigenvalue weighted by atomic mass is 10.2. The van der Waals surface area contributed by atoms with E-state index in [9.17, 15) is 0 Å². The summed E-state index contributed by atoms with van der Waals surface area (Å²) in [6, 6.07) is 5.89. The van der Waals surface area contributed by atoms with Gasteiger partial charge in [0.1, 0.15) is 5.75 Å². The zero-order valence-electron chi connectivity index (χ0n) is 10.9. The molecule has 0 atom stereocenters. The molecule has 1 aromatic heterocycles. The van der Waals surface area contributed by atoms with E-state index in [1.165, 1.54) is 0 Å². The van der Waals surface area contributed by atoms with Gasteiger partial charge in [-0.05, 0) is 25.2 Å². The van der Waals surface area contributed by atoms with Crippen LogP contribution in [0.5, 0.6) is 5.75 Å². The minimum absolute atomic E-state index is 0.283. The van der Waals surface area contributed by atoms with Crippen molar-refractivity contribution < 1.29 is 9.26 Å². The monoisotopic (exact) mass is 325 g/mol. The fourth-order valence-electron chi connectivity index (χ4n) is 1.65. The minimum atomic E-state index is 0.283. The van der Waals surface area contributed by atoms with Crippen molar-refractivity contribution in [2.75, 3.05) is 7.05 Å².